The second kappa shape index (κ2) is 4.72. The Morgan fingerprint density at radius 1 is 1.29 bits per heavy atom. The lowest BCUT2D eigenvalue weighted by Crippen LogP contribution is -1.94. The van der Waals surface area contributed by atoms with Gasteiger partial charge in [0.05, 0.1) is 5.69 Å². The SMILES string of the molecule is O=S(=O)(Cl)Cc1csc(-c2ccc(F)cc2)n1. The van der Waals surface area contributed by atoms with Gasteiger partial charge < -0.3 is 0 Å². The molecule has 7 heteroatoms. The Balaban J connectivity index is 2.27. The molecule has 0 fully saturated rings. The van der Waals surface area contributed by atoms with Gasteiger partial charge >= 0.3 is 0 Å². The topological polar surface area (TPSA) is 47.0 Å². The fraction of sp³-hybridized carbons (Fsp3) is 0.100. The highest BCUT2D eigenvalue weighted by molar-refractivity contribution is 8.13. The van der Waals surface area contributed by atoms with Crippen LogP contribution in [0, 0.1) is 5.82 Å². The van der Waals surface area contributed by atoms with Crippen molar-refractivity contribution < 1.29 is 12.8 Å². The number of aromatic nitrogens is 1. The molecule has 1 aromatic heterocycles. The van der Waals surface area contributed by atoms with Gasteiger partial charge in [-0.25, -0.2) is 17.8 Å². The molecule has 0 atom stereocenters. The van der Waals surface area contributed by atoms with Crippen LogP contribution in [0.1, 0.15) is 5.69 Å². The van der Waals surface area contributed by atoms with Gasteiger partial charge in [-0.05, 0) is 24.3 Å². The normalized spacial score (nSPS) is 11.6. The Morgan fingerprint density at radius 3 is 2.53 bits per heavy atom. The summed E-state index contributed by atoms with van der Waals surface area (Å²) in [5, 5.41) is 2.26. The summed E-state index contributed by atoms with van der Waals surface area (Å²) in [7, 11) is 1.53. The van der Waals surface area contributed by atoms with E-state index in [0.717, 1.165) is 5.56 Å². The maximum absolute atomic E-state index is 12.7. The van der Waals surface area contributed by atoms with Crippen molar-refractivity contribution in [2.24, 2.45) is 0 Å². The number of thiazole rings is 1. The van der Waals surface area contributed by atoms with Crippen molar-refractivity contribution in [2.75, 3.05) is 0 Å². The van der Waals surface area contributed by atoms with Crippen molar-refractivity contribution in [2.45, 2.75) is 5.75 Å². The van der Waals surface area contributed by atoms with Crippen LogP contribution in [0.2, 0.25) is 0 Å². The van der Waals surface area contributed by atoms with Crippen LogP contribution in [0.4, 0.5) is 4.39 Å². The highest BCUT2D eigenvalue weighted by Crippen LogP contribution is 2.25. The predicted octanol–water partition coefficient (Wildman–Crippen LogP) is 3.02. The van der Waals surface area contributed by atoms with E-state index in [9.17, 15) is 12.8 Å². The highest BCUT2D eigenvalue weighted by atomic mass is 35.7. The fourth-order valence-electron chi connectivity index (χ4n) is 1.27. The summed E-state index contributed by atoms with van der Waals surface area (Å²) in [5.74, 6) is -0.624. The molecule has 0 unspecified atom stereocenters. The molecule has 3 nitrogen and oxygen atoms in total. The zero-order valence-corrected chi connectivity index (χ0v) is 10.8. The monoisotopic (exact) mass is 291 g/mol. The van der Waals surface area contributed by atoms with Crippen LogP contribution in [-0.2, 0) is 14.8 Å². The van der Waals surface area contributed by atoms with Crippen LogP contribution in [-0.4, -0.2) is 13.4 Å². The average Bonchev–Trinajstić information content (AvgIpc) is 2.64. The molecule has 0 spiro atoms. The Bertz CT molecular complexity index is 622. The minimum Gasteiger partial charge on any atom is -0.240 e. The third kappa shape index (κ3) is 3.49. The largest absolute Gasteiger partial charge is 0.240 e. The van der Waals surface area contributed by atoms with Gasteiger partial charge in [-0.1, -0.05) is 0 Å². The minimum atomic E-state index is -3.60. The van der Waals surface area contributed by atoms with E-state index in [1.807, 2.05) is 0 Å². The number of nitrogens with zero attached hydrogens (tertiary/aromatic N) is 1. The van der Waals surface area contributed by atoms with E-state index in [4.69, 9.17) is 10.7 Å². The molecule has 0 saturated heterocycles. The van der Waals surface area contributed by atoms with E-state index >= 15 is 0 Å². The number of benzene rings is 1. The van der Waals surface area contributed by atoms with Gasteiger partial charge in [-0.15, -0.1) is 11.3 Å². The molecule has 0 amide bonds. The first kappa shape index (κ1) is 12.5. The van der Waals surface area contributed by atoms with Crippen molar-refractivity contribution >= 4 is 31.1 Å². The quantitative estimate of drug-likeness (QED) is 0.817. The van der Waals surface area contributed by atoms with Crippen molar-refractivity contribution in [3.63, 3.8) is 0 Å². The molecule has 17 heavy (non-hydrogen) atoms. The molecule has 0 bridgehead atoms. The van der Waals surface area contributed by atoms with E-state index < -0.39 is 9.05 Å². The van der Waals surface area contributed by atoms with Gasteiger partial charge in [-0.2, -0.15) is 0 Å². The molecule has 0 N–H and O–H groups in total. The lowest BCUT2D eigenvalue weighted by atomic mass is 10.2. The summed E-state index contributed by atoms with van der Waals surface area (Å²) in [5.41, 5.74) is 1.14. The fourth-order valence-corrected chi connectivity index (χ4v) is 3.04. The van der Waals surface area contributed by atoms with Gasteiger partial charge in [0.2, 0.25) is 9.05 Å². The summed E-state index contributed by atoms with van der Waals surface area (Å²) in [4.78, 5) is 4.13. The van der Waals surface area contributed by atoms with E-state index in [1.54, 1.807) is 17.5 Å². The van der Waals surface area contributed by atoms with Crippen LogP contribution in [0.25, 0.3) is 10.6 Å². The van der Waals surface area contributed by atoms with Crippen LogP contribution in [0.3, 0.4) is 0 Å². The Labute approximate surface area is 106 Å². The molecular weight excluding hydrogens is 285 g/mol. The summed E-state index contributed by atoms with van der Waals surface area (Å²) < 4.78 is 34.5. The second-order valence-electron chi connectivity index (χ2n) is 3.33. The Morgan fingerprint density at radius 2 is 1.94 bits per heavy atom. The molecule has 0 aliphatic carbocycles. The van der Waals surface area contributed by atoms with Crippen molar-refractivity contribution in [3.05, 3.63) is 41.2 Å². The molecule has 1 heterocycles. The zero-order chi connectivity index (χ0) is 12.5. The molecule has 0 radical (unpaired) electrons. The third-order valence-electron chi connectivity index (χ3n) is 1.96. The molecular formula is C10H7ClFNO2S2. The third-order valence-corrected chi connectivity index (χ3v) is 3.87. The number of hydrogen-bond donors (Lipinski definition) is 0. The number of halogens is 2. The molecule has 1 aromatic carbocycles. The smallest absolute Gasteiger partial charge is 0.238 e. The Kier molecular flexibility index (Phi) is 3.46. The maximum atomic E-state index is 12.7. The van der Waals surface area contributed by atoms with Crippen LogP contribution in [0.5, 0.6) is 0 Å². The van der Waals surface area contributed by atoms with Gasteiger partial charge in [0.15, 0.2) is 0 Å². The van der Waals surface area contributed by atoms with Gasteiger partial charge in [0.25, 0.3) is 0 Å². The Hall–Kier alpha value is -0.980. The van der Waals surface area contributed by atoms with E-state index in [2.05, 4.69) is 4.98 Å². The standard InChI is InChI=1S/C10H7ClFNO2S2/c11-17(14,15)6-9-5-16-10(13-9)7-1-3-8(12)4-2-7/h1-5H,6H2. The van der Waals surface area contributed by atoms with Crippen molar-refractivity contribution in [3.8, 4) is 10.6 Å². The van der Waals surface area contributed by atoms with Gasteiger partial charge in [0, 0.05) is 21.6 Å². The molecule has 0 aliphatic rings. The van der Waals surface area contributed by atoms with E-state index in [-0.39, 0.29) is 11.6 Å². The number of rotatable bonds is 3. The van der Waals surface area contributed by atoms with Crippen LogP contribution >= 0.6 is 22.0 Å². The lowest BCUT2D eigenvalue weighted by molar-refractivity contribution is 0.608. The average molecular weight is 292 g/mol. The molecule has 90 valence electrons. The predicted molar refractivity (Wildman–Crippen MR) is 66.0 cm³/mol. The van der Waals surface area contributed by atoms with Gasteiger partial charge in [0.1, 0.15) is 16.6 Å². The summed E-state index contributed by atoms with van der Waals surface area (Å²) in [6.45, 7) is 0. The first-order valence-corrected chi connectivity index (χ1v) is 7.92. The molecule has 2 rings (SSSR count). The summed E-state index contributed by atoms with van der Waals surface area (Å²) >= 11 is 1.29. The number of hydrogen-bond acceptors (Lipinski definition) is 4. The zero-order valence-electron chi connectivity index (χ0n) is 8.43. The minimum absolute atomic E-state index is 0.299. The summed E-state index contributed by atoms with van der Waals surface area (Å²) in [6.07, 6.45) is 0. The first-order chi connectivity index (χ1) is 7.94. The van der Waals surface area contributed by atoms with E-state index in [1.165, 1.54) is 23.5 Å². The van der Waals surface area contributed by atoms with Crippen molar-refractivity contribution in [1.82, 2.24) is 4.98 Å². The molecule has 2 aromatic rings. The highest BCUT2D eigenvalue weighted by Gasteiger charge is 2.11. The van der Waals surface area contributed by atoms with Gasteiger partial charge in [-0.3, -0.25) is 0 Å². The van der Waals surface area contributed by atoms with E-state index in [0.29, 0.717) is 10.7 Å². The van der Waals surface area contributed by atoms with Crippen LogP contribution in [0.15, 0.2) is 29.6 Å². The van der Waals surface area contributed by atoms with Crippen LogP contribution < -0.4 is 0 Å². The first-order valence-electron chi connectivity index (χ1n) is 4.57. The lowest BCUT2D eigenvalue weighted by Gasteiger charge is -1.95. The molecule has 0 aliphatic heterocycles. The maximum Gasteiger partial charge on any atom is 0.238 e. The second-order valence-corrected chi connectivity index (χ2v) is 6.97. The summed E-state index contributed by atoms with van der Waals surface area (Å²) in [6, 6.07) is 5.84. The van der Waals surface area contributed by atoms with Crippen molar-refractivity contribution in [1.29, 1.82) is 0 Å². The molecule has 0 saturated carbocycles.